The molecule has 1 aromatic rings. The predicted octanol–water partition coefficient (Wildman–Crippen LogP) is 4.08. The van der Waals surface area contributed by atoms with E-state index in [1.54, 1.807) is 6.20 Å². The normalized spacial score (nSPS) is 21.7. The summed E-state index contributed by atoms with van der Waals surface area (Å²) in [5.74, 6) is 0.762. The number of ether oxygens (including phenoxy) is 1. The second-order valence-electron chi connectivity index (χ2n) is 7.38. The van der Waals surface area contributed by atoms with Crippen LogP contribution < -0.4 is 10.6 Å². The maximum Gasteiger partial charge on any atom is 0.407 e. The standard InChI is InChI=1S/C17H27ClN4O2/c1-11-10-19-15(18)22-14(11)20-12-7-5-6-8-13(9-12)21-16(23)24-17(2,3)4/h10,12-13H,5-9H2,1-4H3,(H,21,23)(H,19,20,22). The number of halogens is 1. The highest BCUT2D eigenvalue weighted by molar-refractivity contribution is 6.28. The lowest BCUT2D eigenvalue weighted by molar-refractivity contribution is 0.0499. The van der Waals surface area contributed by atoms with E-state index in [2.05, 4.69) is 20.6 Å². The van der Waals surface area contributed by atoms with Crippen LogP contribution in [0.3, 0.4) is 0 Å². The first-order valence-electron chi connectivity index (χ1n) is 8.48. The van der Waals surface area contributed by atoms with Gasteiger partial charge in [0.15, 0.2) is 0 Å². The third-order valence-electron chi connectivity index (χ3n) is 3.93. The number of nitrogens with one attached hydrogen (secondary N) is 2. The highest BCUT2D eigenvalue weighted by Crippen LogP contribution is 2.23. The quantitative estimate of drug-likeness (QED) is 0.632. The highest BCUT2D eigenvalue weighted by atomic mass is 35.5. The molecule has 1 amide bonds. The summed E-state index contributed by atoms with van der Waals surface area (Å²) in [7, 11) is 0. The van der Waals surface area contributed by atoms with Crippen LogP contribution in [0, 0.1) is 6.92 Å². The molecule has 134 valence electrons. The zero-order valence-corrected chi connectivity index (χ0v) is 15.6. The molecule has 0 radical (unpaired) electrons. The zero-order chi connectivity index (χ0) is 17.7. The fourth-order valence-electron chi connectivity index (χ4n) is 2.86. The van der Waals surface area contributed by atoms with Crippen LogP contribution in [0.2, 0.25) is 5.28 Å². The SMILES string of the molecule is Cc1cnc(Cl)nc1NC1CCCCC(NC(=O)OC(C)(C)C)C1. The van der Waals surface area contributed by atoms with E-state index in [-0.39, 0.29) is 23.5 Å². The molecular formula is C17H27ClN4O2. The second kappa shape index (κ2) is 8.01. The number of aromatic nitrogens is 2. The average molecular weight is 355 g/mol. The van der Waals surface area contributed by atoms with Gasteiger partial charge in [0.2, 0.25) is 5.28 Å². The van der Waals surface area contributed by atoms with E-state index in [0.717, 1.165) is 43.5 Å². The fourth-order valence-corrected chi connectivity index (χ4v) is 2.99. The van der Waals surface area contributed by atoms with Crippen LogP contribution >= 0.6 is 11.6 Å². The minimum atomic E-state index is -0.485. The van der Waals surface area contributed by atoms with Gasteiger partial charge < -0.3 is 15.4 Å². The fraction of sp³-hybridized carbons (Fsp3) is 0.706. The van der Waals surface area contributed by atoms with Crippen molar-refractivity contribution in [2.45, 2.75) is 77.5 Å². The number of carbonyl (C=O) groups is 1. The van der Waals surface area contributed by atoms with E-state index in [1.807, 2.05) is 27.7 Å². The smallest absolute Gasteiger partial charge is 0.407 e. The van der Waals surface area contributed by atoms with E-state index < -0.39 is 5.60 Å². The first-order valence-corrected chi connectivity index (χ1v) is 8.86. The van der Waals surface area contributed by atoms with Crippen LogP contribution in [-0.2, 0) is 4.74 Å². The average Bonchev–Trinajstić information content (AvgIpc) is 2.66. The lowest BCUT2D eigenvalue weighted by Gasteiger charge is -2.25. The number of carbonyl (C=O) groups excluding carboxylic acids is 1. The molecule has 2 unspecified atom stereocenters. The van der Waals surface area contributed by atoms with Crippen molar-refractivity contribution in [1.82, 2.24) is 15.3 Å². The molecule has 0 saturated heterocycles. The van der Waals surface area contributed by atoms with Gasteiger partial charge in [0.05, 0.1) is 0 Å². The van der Waals surface area contributed by atoms with Crippen molar-refractivity contribution >= 4 is 23.5 Å². The Labute approximate surface area is 148 Å². The van der Waals surface area contributed by atoms with Crippen LogP contribution in [0.4, 0.5) is 10.6 Å². The third-order valence-corrected chi connectivity index (χ3v) is 4.11. The molecule has 1 fully saturated rings. The summed E-state index contributed by atoms with van der Waals surface area (Å²) in [6, 6.07) is 0.328. The minimum absolute atomic E-state index is 0.0949. The van der Waals surface area contributed by atoms with Gasteiger partial charge in [-0.3, -0.25) is 0 Å². The molecule has 1 aliphatic carbocycles. The number of alkyl carbamates (subject to hydrolysis) is 1. The molecular weight excluding hydrogens is 328 g/mol. The maximum absolute atomic E-state index is 12.0. The maximum atomic E-state index is 12.0. The minimum Gasteiger partial charge on any atom is -0.444 e. The van der Waals surface area contributed by atoms with Gasteiger partial charge in [-0.15, -0.1) is 0 Å². The third kappa shape index (κ3) is 6.15. The Bertz CT molecular complexity index is 574. The summed E-state index contributed by atoms with van der Waals surface area (Å²) in [4.78, 5) is 20.3. The van der Waals surface area contributed by atoms with Gasteiger partial charge in [0, 0.05) is 23.8 Å². The molecule has 1 heterocycles. The Morgan fingerprint density at radius 1 is 1.29 bits per heavy atom. The zero-order valence-electron chi connectivity index (χ0n) is 14.9. The Morgan fingerprint density at radius 2 is 1.96 bits per heavy atom. The largest absolute Gasteiger partial charge is 0.444 e. The molecule has 0 bridgehead atoms. The van der Waals surface area contributed by atoms with Crippen LogP contribution in [0.15, 0.2) is 6.20 Å². The van der Waals surface area contributed by atoms with E-state index in [9.17, 15) is 4.79 Å². The van der Waals surface area contributed by atoms with Crippen molar-refractivity contribution in [2.24, 2.45) is 0 Å². The lowest BCUT2D eigenvalue weighted by atomic mass is 10.1. The summed E-state index contributed by atoms with van der Waals surface area (Å²) in [6.07, 6.45) is 6.39. The molecule has 0 aromatic carbocycles. The molecule has 0 spiro atoms. The molecule has 1 aromatic heterocycles. The van der Waals surface area contributed by atoms with Crippen LogP contribution in [-0.4, -0.2) is 33.7 Å². The van der Waals surface area contributed by atoms with Crippen molar-refractivity contribution in [1.29, 1.82) is 0 Å². The van der Waals surface area contributed by atoms with Crippen molar-refractivity contribution in [3.05, 3.63) is 17.0 Å². The predicted molar refractivity (Wildman–Crippen MR) is 95.4 cm³/mol. The topological polar surface area (TPSA) is 76.1 Å². The van der Waals surface area contributed by atoms with Crippen molar-refractivity contribution in [2.75, 3.05) is 5.32 Å². The summed E-state index contributed by atoms with van der Waals surface area (Å²) in [5.41, 5.74) is 0.474. The van der Waals surface area contributed by atoms with Gasteiger partial charge in [0.1, 0.15) is 11.4 Å². The lowest BCUT2D eigenvalue weighted by Crippen LogP contribution is -2.41. The highest BCUT2D eigenvalue weighted by Gasteiger charge is 2.24. The molecule has 1 aliphatic rings. The second-order valence-corrected chi connectivity index (χ2v) is 7.71. The van der Waals surface area contributed by atoms with Crippen molar-refractivity contribution in [3.63, 3.8) is 0 Å². The van der Waals surface area contributed by atoms with E-state index in [1.165, 1.54) is 0 Å². The molecule has 24 heavy (non-hydrogen) atoms. The first kappa shape index (κ1) is 18.8. The Morgan fingerprint density at radius 3 is 2.62 bits per heavy atom. The Kier molecular flexibility index (Phi) is 6.27. The number of hydrogen-bond donors (Lipinski definition) is 2. The summed E-state index contributed by atoms with van der Waals surface area (Å²) in [6.45, 7) is 7.55. The molecule has 7 heteroatoms. The van der Waals surface area contributed by atoms with Gasteiger partial charge in [-0.05, 0) is 58.6 Å². The summed E-state index contributed by atoms with van der Waals surface area (Å²) >= 11 is 5.89. The van der Waals surface area contributed by atoms with Crippen LogP contribution in [0.25, 0.3) is 0 Å². The molecule has 2 N–H and O–H groups in total. The number of aryl methyl sites for hydroxylation is 1. The van der Waals surface area contributed by atoms with Gasteiger partial charge in [-0.25, -0.2) is 14.8 Å². The number of anilines is 1. The number of rotatable bonds is 3. The number of nitrogens with zero attached hydrogens (tertiary/aromatic N) is 2. The first-order chi connectivity index (χ1) is 11.2. The number of amides is 1. The summed E-state index contributed by atoms with van der Waals surface area (Å²) < 4.78 is 5.36. The van der Waals surface area contributed by atoms with E-state index in [0.29, 0.717) is 0 Å². The van der Waals surface area contributed by atoms with Gasteiger partial charge >= 0.3 is 6.09 Å². The summed E-state index contributed by atoms with van der Waals surface area (Å²) in [5, 5.41) is 6.69. The molecule has 2 atom stereocenters. The molecule has 6 nitrogen and oxygen atoms in total. The van der Waals surface area contributed by atoms with Crippen LogP contribution in [0.5, 0.6) is 0 Å². The Balaban J connectivity index is 1.96. The van der Waals surface area contributed by atoms with E-state index >= 15 is 0 Å². The van der Waals surface area contributed by atoms with E-state index in [4.69, 9.17) is 16.3 Å². The van der Waals surface area contributed by atoms with Gasteiger partial charge in [0.25, 0.3) is 0 Å². The van der Waals surface area contributed by atoms with Gasteiger partial charge in [-0.1, -0.05) is 12.8 Å². The van der Waals surface area contributed by atoms with Crippen molar-refractivity contribution < 1.29 is 9.53 Å². The van der Waals surface area contributed by atoms with Crippen LogP contribution in [0.1, 0.15) is 58.4 Å². The van der Waals surface area contributed by atoms with Crippen molar-refractivity contribution in [3.8, 4) is 0 Å². The monoisotopic (exact) mass is 354 g/mol. The number of hydrogen-bond acceptors (Lipinski definition) is 5. The molecule has 0 aliphatic heterocycles. The Hall–Kier alpha value is -1.56. The molecule has 2 rings (SSSR count). The molecule has 1 saturated carbocycles. The van der Waals surface area contributed by atoms with Gasteiger partial charge in [-0.2, -0.15) is 0 Å².